The van der Waals surface area contributed by atoms with E-state index in [9.17, 15) is 19.5 Å². The Morgan fingerprint density at radius 3 is 2.46 bits per heavy atom. The summed E-state index contributed by atoms with van der Waals surface area (Å²) in [5.41, 5.74) is 2.57. The van der Waals surface area contributed by atoms with Crippen LogP contribution in [0.2, 0.25) is 0 Å². The number of Topliss-reactive ketones (excluding diaryl/α,β-unsaturated/α-hetero) is 1. The van der Waals surface area contributed by atoms with Crippen LogP contribution in [0, 0.1) is 6.92 Å². The van der Waals surface area contributed by atoms with Crippen molar-refractivity contribution in [2.24, 2.45) is 0 Å². The Morgan fingerprint density at radius 1 is 0.973 bits per heavy atom. The van der Waals surface area contributed by atoms with E-state index < -0.39 is 29.5 Å². The van der Waals surface area contributed by atoms with Crippen LogP contribution in [-0.4, -0.2) is 28.9 Å². The molecule has 0 radical (unpaired) electrons. The Labute approximate surface area is 213 Å². The largest absolute Gasteiger partial charge is 0.503 e. The highest BCUT2D eigenvalue weighted by molar-refractivity contribution is 6.20. The zero-order valence-electron chi connectivity index (χ0n) is 20.6. The van der Waals surface area contributed by atoms with E-state index in [2.05, 4.69) is 0 Å². The molecule has 1 amide bonds. The molecule has 0 spiro atoms. The quantitative estimate of drug-likeness (QED) is 0.257. The molecule has 0 bridgehead atoms. The number of ketones is 1. The summed E-state index contributed by atoms with van der Waals surface area (Å²) >= 11 is 0. The molecule has 37 heavy (non-hydrogen) atoms. The van der Waals surface area contributed by atoms with Gasteiger partial charge in [-0.15, -0.1) is 0 Å². The molecule has 2 heterocycles. The number of aliphatic hydroxyl groups is 1. The first-order valence-electron chi connectivity index (χ1n) is 11.9. The van der Waals surface area contributed by atoms with Crippen molar-refractivity contribution in [2.45, 2.75) is 32.9 Å². The van der Waals surface area contributed by atoms with Crippen molar-refractivity contribution in [3.8, 4) is 0 Å². The van der Waals surface area contributed by atoms with Gasteiger partial charge in [0.05, 0.1) is 23.3 Å². The van der Waals surface area contributed by atoms with Crippen molar-refractivity contribution in [3.05, 3.63) is 113 Å². The molecule has 5 rings (SSSR count). The molecule has 1 aromatic heterocycles. The van der Waals surface area contributed by atoms with Gasteiger partial charge in [0.15, 0.2) is 11.5 Å². The molecule has 186 valence electrons. The Bertz CT molecular complexity index is 1540. The molecular formula is C30H25NO6. The van der Waals surface area contributed by atoms with Crippen LogP contribution in [0.25, 0.3) is 11.0 Å². The van der Waals surface area contributed by atoms with Crippen molar-refractivity contribution in [1.82, 2.24) is 0 Å². The monoisotopic (exact) mass is 495 g/mol. The summed E-state index contributed by atoms with van der Waals surface area (Å²) in [6.45, 7) is 5.40. The first-order chi connectivity index (χ1) is 17.7. The van der Waals surface area contributed by atoms with Gasteiger partial charge in [-0.05, 0) is 56.7 Å². The number of rotatable bonds is 6. The van der Waals surface area contributed by atoms with Gasteiger partial charge in [-0.3, -0.25) is 14.5 Å². The van der Waals surface area contributed by atoms with Crippen molar-refractivity contribution in [1.29, 1.82) is 0 Å². The number of esters is 1. The predicted molar refractivity (Wildman–Crippen MR) is 139 cm³/mol. The molecular weight excluding hydrogens is 470 g/mol. The molecule has 0 saturated heterocycles. The lowest BCUT2D eigenvalue weighted by Gasteiger charge is -2.27. The Kier molecular flexibility index (Phi) is 6.13. The SMILES string of the molecule is Cc1cccc(C2C(C(=O)c3cc4ccccc4o3)=C(O)C(=O)N2c2cccc(C(=O)OC(C)C)c2)c1. The van der Waals surface area contributed by atoms with Crippen LogP contribution in [0.5, 0.6) is 0 Å². The van der Waals surface area contributed by atoms with Crippen molar-refractivity contribution >= 4 is 34.3 Å². The maximum absolute atomic E-state index is 13.7. The van der Waals surface area contributed by atoms with Crippen LogP contribution in [0.4, 0.5) is 5.69 Å². The number of aryl methyl sites for hydroxylation is 1. The number of anilines is 1. The highest BCUT2D eigenvalue weighted by Gasteiger charge is 2.45. The number of para-hydroxylation sites is 1. The molecule has 0 aliphatic carbocycles. The minimum atomic E-state index is -0.940. The second-order valence-electron chi connectivity index (χ2n) is 9.24. The third-order valence-corrected chi connectivity index (χ3v) is 6.16. The van der Waals surface area contributed by atoms with Crippen molar-refractivity contribution in [2.75, 3.05) is 4.90 Å². The number of furan rings is 1. The summed E-state index contributed by atoms with van der Waals surface area (Å²) in [7, 11) is 0. The van der Waals surface area contributed by atoms with E-state index in [1.807, 2.05) is 37.3 Å². The number of amides is 1. The van der Waals surface area contributed by atoms with Crippen LogP contribution in [0.3, 0.4) is 0 Å². The van der Waals surface area contributed by atoms with Gasteiger partial charge in [-0.1, -0.05) is 54.1 Å². The van der Waals surface area contributed by atoms with Gasteiger partial charge >= 0.3 is 5.97 Å². The molecule has 3 aromatic carbocycles. The van der Waals surface area contributed by atoms with Gasteiger partial charge in [-0.25, -0.2) is 4.79 Å². The molecule has 0 saturated carbocycles. The first-order valence-corrected chi connectivity index (χ1v) is 11.9. The lowest BCUT2D eigenvalue weighted by Crippen LogP contribution is -2.31. The Morgan fingerprint density at radius 2 is 1.73 bits per heavy atom. The zero-order valence-corrected chi connectivity index (χ0v) is 20.6. The van der Waals surface area contributed by atoms with E-state index in [4.69, 9.17) is 9.15 Å². The van der Waals surface area contributed by atoms with Crippen LogP contribution in [0.15, 0.2) is 94.6 Å². The third-order valence-electron chi connectivity index (χ3n) is 6.16. The van der Waals surface area contributed by atoms with Crippen LogP contribution in [0.1, 0.15) is 51.9 Å². The van der Waals surface area contributed by atoms with Crippen LogP contribution in [-0.2, 0) is 9.53 Å². The van der Waals surface area contributed by atoms with E-state index >= 15 is 0 Å². The van der Waals surface area contributed by atoms with Gasteiger partial charge in [0.1, 0.15) is 5.58 Å². The number of aliphatic hydroxyl groups excluding tert-OH is 1. The molecule has 4 aromatic rings. The van der Waals surface area contributed by atoms with Crippen molar-refractivity contribution in [3.63, 3.8) is 0 Å². The van der Waals surface area contributed by atoms with E-state index in [1.54, 1.807) is 56.3 Å². The van der Waals surface area contributed by atoms with Gasteiger partial charge in [0.25, 0.3) is 5.91 Å². The second-order valence-corrected chi connectivity index (χ2v) is 9.24. The van der Waals surface area contributed by atoms with E-state index in [-0.39, 0.29) is 23.0 Å². The fourth-order valence-electron chi connectivity index (χ4n) is 4.55. The highest BCUT2D eigenvalue weighted by atomic mass is 16.5. The van der Waals surface area contributed by atoms with E-state index in [0.717, 1.165) is 10.9 Å². The summed E-state index contributed by atoms with van der Waals surface area (Å²) in [5.74, 6) is -2.52. The fraction of sp³-hybridized carbons (Fsp3) is 0.167. The smallest absolute Gasteiger partial charge is 0.338 e. The molecule has 1 aliphatic heterocycles. The third kappa shape index (κ3) is 4.40. The number of hydrogen-bond acceptors (Lipinski definition) is 6. The lowest BCUT2D eigenvalue weighted by molar-refractivity contribution is -0.117. The average molecular weight is 496 g/mol. The predicted octanol–water partition coefficient (Wildman–Crippen LogP) is 6.09. The summed E-state index contributed by atoms with van der Waals surface area (Å²) in [5, 5.41) is 11.8. The van der Waals surface area contributed by atoms with Gasteiger partial charge in [0, 0.05) is 11.1 Å². The zero-order chi connectivity index (χ0) is 26.3. The van der Waals surface area contributed by atoms with Crippen molar-refractivity contribution < 1.29 is 28.6 Å². The molecule has 7 heteroatoms. The standard InChI is InChI=1S/C30H25NO6/c1-17(2)36-30(35)21-11-7-12-22(15-21)31-26(20-10-6-8-18(3)14-20)25(28(33)29(31)34)27(32)24-16-19-9-4-5-13-23(19)37-24/h4-17,26,33H,1-3H3. The number of nitrogens with zero attached hydrogens (tertiary/aromatic N) is 1. The number of carbonyl (C=O) groups excluding carboxylic acids is 3. The van der Waals surface area contributed by atoms with Gasteiger partial charge < -0.3 is 14.3 Å². The molecule has 0 fully saturated rings. The maximum atomic E-state index is 13.7. The average Bonchev–Trinajstić information content (AvgIpc) is 3.42. The normalized spacial score (nSPS) is 15.6. The Hall–Kier alpha value is -4.65. The summed E-state index contributed by atoms with van der Waals surface area (Å²) in [4.78, 5) is 41.1. The summed E-state index contributed by atoms with van der Waals surface area (Å²) in [6.07, 6.45) is -0.316. The number of hydrogen-bond donors (Lipinski definition) is 1. The number of ether oxygens (including phenoxy) is 1. The first kappa shape index (κ1) is 24.1. The molecule has 1 unspecified atom stereocenters. The number of carbonyl (C=O) groups is 3. The maximum Gasteiger partial charge on any atom is 0.338 e. The second kappa shape index (κ2) is 9.43. The summed E-state index contributed by atoms with van der Waals surface area (Å²) < 4.78 is 11.1. The molecule has 7 nitrogen and oxygen atoms in total. The van der Waals surface area contributed by atoms with Crippen LogP contribution < -0.4 is 4.90 Å². The minimum Gasteiger partial charge on any atom is -0.503 e. The lowest BCUT2D eigenvalue weighted by atomic mass is 9.93. The van der Waals surface area contributed by atoms with Crippen LogP contribution >= 0.6 is 0 Å². The number of fused-ring (bicyclic) bond motifs is 1. The molecule has 1 aliphatic rings. The fourth-order valence-corrected chi connectivity index (χ4v) is 4.55. The molecule has 1 N–H and O–H groups in total. The minimum absolute atomic E-state index is 0.0179. The Balaban J connectivity index is 1.63. The van der Waals surface area contributed by atoms with E-state index in [1.165, 1.54) is 11.0 Å². The van der Waals surface area contributed by atoms with E-state index in [0.29, 0.717) is 16.8 Å². The number of benzene rings is 3. The topological polar surface area (TPSA) is 97.0 Å². The molecule has 1 atom stereocenters. The van der Waals surface area contributed by atoms with Gasteiger partial charge in [0.2, 0.25) is 5.78 Å². The highest BCUT2D eigenvalue weighted by Crippen LogP contribution is 2.42. The van der Waals surface area contributed by atoms with Gasteiger partial charge in [-0.2, -0.15) is 0 Å². The summed E-state index contributed by atoms with van der Waals surface area (Å²) in [6, 6.07) is 21.6.